The molecule has 2 aromatic carbocycles. The lowest BCUT2D eigenvalue weighted by Crippen LogP contribution is -2.30. The summed E-state index contributed by atoms with van der Waals surface area (Å²) in [5.41, 5.74) is 2.80. The van der Waals surface area contributed by atoms with Gasteiger partial charge in [0.15, 0.2) is 0 Å². The number of carbonyl (C=O) groups excluding carboxylic acids is 1. The van der Waals surface area contributed by atoms with Crippen LogP contribution in [0, 0.1) is 0 Å². The highest BCUT2D eigenvalue weighted by atomic mass is 16.5. The number of unbranched alkanes of at least 4 members (excludes halogenated alkanes) is 2. The number of benzene rings is 2. The van der Waals surface area contributed by atoms with Gasteiger partial charge in [-0.05, 0) is 24.1 Å². The van der Waals surface area contributed by atoms with Crippen LogP contribution in [-0.2, 0) is 6.54 Å². The lowest BCUT2D eigenvalue weighted by atomic mass is 10.2. The number of hydrogen-bond acceptors (Lipinski definition) is 3. The maximum atomic E-state index is 12.3. The molecule has 2 N–H and O–H groups in total. The highest BCUT2D eigenvalue weighted by Crippen LogP contribution is 2.35. The third-order valence-electron chi connectivity index (χ3n) is 4.20. The molecule has 0 aliphatic carbocycles. The molecule has 2 amide bonds. The largest absolute Gasteiger partial charge is 0.494 e. The normalized spacial score (nSPS) is 10.3. The van der Waals surface area contributed by atoms with Gasteiger partial charge in [0.25, 0.3) is 0 Å². The number of nitrogens with one attached hydrogen (secondary N) is 2. The van der Waals surface area contributed by atoms with Crippen LogP contribution in [0.5, 0.6) is 5.75 Å². The number of para-hydroxylation sites is 1. The van der Waals surface area contributed by atoms with E-state index in [0.717, 1.165) is 31.5 Å². The third kappa shape index (κ3) is 5.69. The molecule has 0 aromatic heterocycles. The molecule has 26 heavy (non-hydrogen) atoms. The molecule has 0 aliphatic rings. The molecule has 0 spiro atoms. The smallest absolute Gasteiger partial charge is 0.319 e. The lowest BCUT2D eigenvalue weighted by Gasteiger charge is -2.24. The number of nitrogens with zero attached hydrogens (tertiary/aromatic N) is 1. The highest BCUT2D eigenvalue weighted by molar-refractivity contribution is 5.95. The van der Waals surface area contributed by atoms with Crippen LogP contribution in [0.1, 0.15) is 31.7 Å². The third-order valence-corrected chi connectivity index (χ3v) is 4.20. The first kappa shape index (κ1) is 19.6. The zero-order valence-electron chi connectivity index (χ0n) is 15.9. The van der Waals surface area contributed by atoms with Crippen molar-refractivity contribution >= 4 is 17.4 Å². The molecule has 0 fully saturated rings. The summed E-state index contributed by atoms with van der Waals surface area (Å²) >= 11 is 0. The zero-order chi connectivity index (χ0) is 18.8. The number of rotatable bonds is 9. The molecule has 0 saturated carbocycles. The number of carbonyl (C=O) groups is 1. The van der Waals surface area contributed by atoms with E-state index in [1.807, 2.05) is 43.4 Å². The van der Waals surface area contributed by atoms with Gasteiger partial charge in [-0.1, -0.05) is 56.2 Å². The Morgan fingerprint density at radius 2 is 1.85 bits per heavy atom. The van der Waals surface area contributed by atoms with Crippen LogP contribution in [0.3, 0.4) is 0 Å². The van der Waals surface area contributed by atoms with Gasteiger partial charge in [0, 0.05) is 20.1 Å². The first-order chi connectivity index (χ1) is 12.7. The van der Waals surface area contributed by atoms with Crippen LogP contribution in [0.4, 0.5) is 16.2 Å². The Kier molecular flexibility index (Phi) is 7.80. The SMILES string of the molecule is CCCCCNC(=O)Nc1c(OC)cccc1N(C)Cc1ccccc1. The van der Waals surface area contributed by atoms with Crippen molar-refractivity contribution in [3.8, 4) is 5.75 Å². The van der Waals surface area contributed by atoms with E-state index in [4.69, 9.17) is 4.74 Å². The van der Waals surface area contributed by atoms with Gasteiger partial charge < -0.3 is 20.3 Å². The molecule has 5 nitrogen and oxygen atoms in total. The van der Waals surface area contributed by atoms with E-state index in [2.05, 4.69) is 34.6 Å². The predicted octanol–water partition coefficient (Wildman–Crippen LogP) is 4.64. The first-order valence-corrected chi connectivity index (χ1v) is 9.12. The minimum atomic E-state index is -0.208. The van der Waals surface area contributed by atoms with Gasteiger partial charge in [-0.25, -0.2) is 4.79 Å². The van der Waals surface area contributed by atoms with E-state index >= 15 is 0 Å². The van der Waals surface area contributed by atoms with Crippen molar-refractivity contribution in [3.05, 3.63) is 54.1 Å². The molecular formula is C21H29N3O2. The summed E-state index contributed by atoms with van der Waals surface area (Å²) < 4.78 is 5.46. The molecular weight excluding hydrogens is 326 g/mol. The first-order valence-electron chi connectivity index (χ1n) is 9.12. The van der Waals surface area contributed by atoms with Crippen LogP contribution in [0.15, 0.2) is 48.5 Å². The van der Waals surface area contributed by atoms with Crippen molar-refractivity contribution in [1.29, 1.82) is 0 Å². The van der Waals surface area contributed by atoms with Crippen molar-refractivity contribution in [2.45, 2.75) is 32.7 Å². The van der Waals surface area contributed by atoms with Gasteiger partial charge in [0.1, 0.15) is 11.4 Å². The van der Waals surface area contributed by atoms with E-state index in [9.17, 15) is 4.79 Å². The highest BCUT2D eigenvalue weighted by Gasteiger charge is 2.15. The Morgan fingerprint density at radius 1 is 1.08 bits per heavy atom. The van der Waals surface area contributed by atoms with Crippen LogP contribution >= 0.6 is 0 Å². The number of methoxy groups -OCH3 is 1. The average Bonchev–Trinajstić information content (AvgIpc) is 2.66. The molecule has 5 heteroatoms. The van der Waals surface area contributed by atoms with E-state index < -0.39 is 0 Å². The Morgan fingerprint density at radius 3 is 2.54 bits per heavy atom. The molecule has 2 rings (SSSR count). The van der Waals surface area contributed by atoms with E-state index in [1.54, 1.807) is 7.11 Å². The summed E-state index contributed by atoms with van der Waals surface area (Å²) in [4.78, 5) is 14.4. The van der Waals surface area contributed by atoms with E-state index in [1.165, 1.54) is 5.56 Å². The second-order valence-corrected chi connectivity index (χ2v) is 6.28. The number of amides is 2. The summed E-state index contributed by atoms with van der Waals surface area (Å²) in [6.45, 7) is 3.55. The molecule has 0 saturated heterocycles. The maximum absolute atomic E-state index is 12.3. The zero-order valence-corrected chi connectivity index (χ0v) is 15.9. The fraction of sp³-hybridized carbons (Fsp3) is 0.381. The van der Waals surface area contributed by atoms with Crippen LogP contribution in [0.25, 0.3) is 0 Å². The maximum Gasteiger partial charge on any atom is 0.319 e. The van der Waals surface area contributed by atoms with Gasteiger partial charge >= 0.3 is 6.03 Å². The minimum absolute atomic E-state index is 0.208. The van der Waals surface area contributed by atoms with Crippen LogP contribution < -0.4 is 20.3 Å². The molecule has 0 heterocycles. The van der Waals surface area contributed by atoms with Crippen LogP contribution in [0.2, 0.25) is 0 Å². The monoisotopic (exact) mass is 355 g/mol. The number of ether oxygens (including phenoxy) is 1. The standard InChI is InChI=1S/C21H29N3O2/c1-4-5-9-15-22-21(25)23-20-18(13-10-14-19(20)26-3)24(2)16-17-11-7-6-8-12-17/h6-8,10-14H,4-5,9,15-16H2,1-3H3,(H2,22,23,25). The van der Waals surface area contributed by atoms with Gasteiger partial charge in [0.2, 0.25) is 0 Å². The van der Waals surface area contributed by atoms with Gasteiger partial charge in [0.05, 0.1) is 12.8 Å². The summed E-state index contributed by atoms with van der Waals surface area (Å²) in [5, 5.41) is 5.87. The van der Waals surface area contributed by atoms with Crippen molar-refractivity contribution in [3.63, 3.8) is 0 Å². The molecule has 0 aliphatic heterocycles. The topological polar surface area (TPSA) is 53.6 Å². The summed E-state index contributed by atoms with van der Waals surface area (Å²) in [7, 11) is 3.62. The van der Waals surface area contributed by atoms with Gasteiger partial charge in [-0.3, -0.25) is 0 Å². The van der Waals surface area contributed by atoms with Crippen molar-refractivity contribution < 1.29 is 9.53 Å². The molecule has 0 radical (unpaired) electrons. The number of anilines is 2. The number of urea groups is 1. The predicted molar refractivity (Wildman–Crippen MR) is 108 cm³/mol. The second kappa shape index (κ2) is 10.3. The molecule has 0 unspecified atom stereocenters. The summed E-state index contributed by atoms with van der Waals surface area (Å²) in [6, 6.07) is 15.8. The molecule has 2 aromatic rings. The summed E-state index contributed by atoms with van der Waals surface area (Å²) in [5.74, 6) is 0.645. The number of hydrogen-bond donors (Lipinski definition) is 2. The van der Waals surface area contributed by atoms with Crippen molar-refractivity contribution in [1.82, 2.24) is 5.32 Å². The molecule has 140 valence electrons. The minimum Gasteiger partial charge on any atom is -0.494 e. The van der Waals surface area contributed by atoms with Crippen molar-refractivity contribution in [2.24, 2.45) is 0 Å². The summed E-state index contributed by atoms with van der Waals surface area (Å²) in [6.07, 6.45) is 3.22. The molecule has 0 bridgehead atoms. The van der Waals surface area contributed by atoms with E-state index in [0.29, 0.717) is 18.0 Å². The Balaban J connectivity index is 2.12. The van der Waals surface area contributed by atoms with E-state index in [-0.39, 0.29) is 6.03 Å². The van der Waals surface area contributed by atoms with Crippen LogP contribution in [-0.4, -0.2) is 26.7 Å². The average molecular weight is 355 g/mol. The Labute approximate surface area is 156 Å². The van der Waals surface area contributed by atoms with Gasteiger partial charge in [-0.2, -0.15) is 0 Å². The van der Waals surface area contributed by atoms with Crippen molar-refractivity contribution in [2.75, 3.05) is 30.9 Å². The lowest BCUT2D eigenvalue weighted by molar-refractivity contribution is 0.251. The quantitative estimate of drug-likeness (QED) is 0.644. The fourth-order valence-electron chi connectivity index (χ4n) is 2.81. The Bertz CT molecular complexity index is 689. The Hall–Kier alpha value is -2.69. The van der Waals surface area contributed by atoms with Gasteiger partial charge in [-0.15, -0.1) is 0 Å². The second-order valence-electron chi connectivity index (χ2n) is 6.28. The fourth-order valence-corrected chi connectivity index (χ4v) is 2.81. The molecule has 0 atom stereocenters.